The molecule has 0 aliphatic carbocycles. The van der Waals surface area contributed by atoms with E-state index in [-0.39, 0.29) is 0 Å². The first-order chi connectivity index (χ1) is 7.81. The van der Waals surface area contributed by atoms with Gasteiger partial charge in [-0.15, -0.1) is 0 Å². The second kappa shape index (κ2) is 4.49. The first-order valence-corrected chi connectivity index (χ1v) is 5.45. The number of aromatic carboxylic acids is 2. The molecule has 8 nitrogen and oxygen atoms in total. The average molecular weight is 261 g/mol. The number of hydrogen-bond acceptors (Lipinski definition) is 6. The Morgan fingerprint density at radius 3 is 1.82 bits per heavy atom. The molecule has 0 aliphatic heterocycles. The molecule has 0 heterocycles. The van der Waals surface area contributed by atoms with Crippen molar-refractivity contribution in [3.05, 3.63) is 29.3 Å². The Bertz CT molecular complexity index is 545. The van der Waals surface area contributed by atoms with E-state index in [0.29, 0.717) is 0 Å². The zero-order valence-corrected chi connectivity index (χ0v) is 8.97. The van der Waals surface area contributed by atoms with Gasteiger partial charge in [-0.2, -0.15) is 18.6 Å². The Kier molecular flexibility index (Phi) is 3.46. The summed E-state index contributed by atoms with van der Waals surface area (Å²) in [6.07, 6.45) is 0. The van der Waals surface area contributed by atoms with E-state index in [0.717, 1.165) is 18.2 Å². The summed E-state index contributed by atoms with van der Waals surface area (Å²) in [4.78, 5) is 20.6. The van der Waals surface area contributed by atoms with Crippen LogP contribution >= 0.6 is 0 Å². The maximum Gasteiger partial charge on any atom is 0.337 e. The Labute approximate surface area is 95.3 Å². The van der Waals surface area contributed by atoms with E-state index in [1.165, 1.54) is 0 Å². The van der Waals surface area contributed by atoms with Crippen LogP contribution in [0.5, 0.6) is 0 Å². The number of carboxylic acid groups (broad SMARTS) is 2. The van der Waals surface area contributed by atoms with E-state index in [1.54, 1.807) is 0 Å². The molecule has 0 unspecified atom stereocenters. The van der Waals surface area contributed by atoms with Gasteiger partial charge in [0.15, 0.2) is 0 Å². The third-order valence-corrected chi connectivity index (χ3v) is 3.05. The minimum atomic E-state index is -4.63. The van der Waals surface area contributed by atoms with E-state index in [1.807, 2.05) is 0 Å². The van der Waals surface area contributed by atoms with Crippen molar-refractivity contribution in [2.45, 2.75) is 4.90 Å². The lowest BCUT2D eigenvalue weighted by Gasteiger charge is -2.08. The molecule has 9 heteroatoms. The molecule has 0 radical (unpaired) electrons. The second-order valence-corrected chi connectivity index (χ2v) is 4.35. The van der Waals surface area contributed by atoms with Gasteiger partial charge in [0, 0.05) is 0 Å². The fourth-order valence-electron chi connectivity index (χ4n) is 1.19. The Morgan fingerprint density at radius 1 is 1.12 bits per heavy atom. The van der Waals surface area contributed by atoms with Gasteiger partial charge in [-0.25, -0.2) is 9.59 Å². The zero-order valence-electron chi connectivity index (χ0n) is 8.15. The lowest BCUT2D eigenvalue weighted by molar-refractivity contribution is 0.0688. The van der Waals surface area contributed by atoms with Gasteiger partial charge in [0.2, 0.25) is 0 Å². The van der Waals surface area contributed by atoms with E-state index in [2.05, 4.69) is 10.2 Å². The molecule has 1 rings (SSSR count). The number of rotatable bonds is 4. The van der Waals surface area contributed by atoms with Gasteiger partial charge in [-0.05, 0) is 12.1 Å². The van der Waals surface area contributed by atoms with Gasteiger partial charge in [0.1, 0.15) is 4.90 Å². The molecule has 0 spiro atoms. The lowest BCUT2D eigenvalue weighted by Crippen LogP contribution is -2.19. The molecule has 1 aromatic carbocycles. The predicted molar refractivity (Wildman–Crippen MR) is 52.8 cm³/mol. The molecular weight excluding hydrogens is 254 g/mol. The third kappa shape index (κ3) is 2.41. The second-order valence-electron chi connectivity index (χ2n) is 2.84. The molecule has 17 heavy (non-hydrogen) atoms. The van der Waals surface area contributed by atoms with Crippen molar-refractivity contribution in [2.75, 3.05) is 0 Å². The van der Waals surface area contributed by atoms with Crippen molar-refractivity contribution in [1.82, 2.24) is 0 Å². The molecular formula is C8H7NO7S. The molecule has 0 saturated heterocycles. The van der Waals surface area contributed by atoms with Crippen LogP contribution in [0.25, 0.3) is 0 Å². The molecule has 92 valence electrons. The highest BCUT2D eigenvalue weighted by Gasteiger charge is 2.29. The van der Waals surface area contributed by atoms with Crippen LogP contribution in [0.4, 0.5) is 0 Å². The van der Waals surface area contributed by atoms with Crippen LogP contribution in [-0.4, -0.2) is 30.6 Å². The van der Waals surface area contributed by atoms with Crippen molar-refractivity contribution in [2.24, 2.45) is 5.90 Å². The lowest BCUT2D eigenvalue weighted by atomic mass is 10.1. The molecule has 4 N–H and O–H groups in total. The van der Waals surface area contributed by atoms with Gasteiger partial charge in [0.25, 0.3) is 0 Å². The first kappa shape index (κ1) is 13.1. The summed E-state index contributed by atoms with van der Waals surface area (Å²) >= 11 is 0. The van der Waals surface area contributed by atoms with Crippen molar-refractivity contribution >= 4 is 22.1 Å². The Hall–Kier alpha value is -1.97. The molecule has 1 aromatic rings. The molecule has 0 fully saturated rings. The fourth-order valence-corrected chi connectivity index (χ4v) is 2.14. The van der Waals surface area contributed by atoms with E-state index >= 15 is 0 Å². The highest BCUT2D eigenvalue weighted by atomic mass is 32.2. The highest BCUT2D eigenvalue weighted by molar-refractivity contribution is 7.86. The molecule has 0 amide bonds. The number of carboxylic acids is 2. The first-order valence-electron chi connectivity index (χ1n) is 4.04. The molecule has 0 aromatic heterocycles. The largest absolute Gasteiger partial charge is 0.478 e. The minimum Gasteiger partial charge on any atom is -0.478 e. The van der Waals surface area contributed by atoms with Gasteiger partial charge >= 0.3 is 22.1 Å². The fraction of sp³-hybridized carbons (Fsp3) is 0. The highest BCUT2D eigenvalue weighted by Crippen LogP contribution is 2.22. The van der Waals surface area contributed by atoms with Crippen LogP contribution in [0, 0.1) is 0 Å². The van der Waals surface area contributed by atoms with Crippen LogP contribution in [0.15, 0.2) is 23.1 Å². The summed E-state index contributed by atoms with van der Waals surface area (Å²) in [5.41, 5.74) is -1.45. The topological polar surface area (TPSA) is 144 Å². The van der Waals surface area contributed by atoms with Gasteiger partial charge in [-0.3, -0.25) is 0 Å². The molecule has 0 saturated carbocycles. The number of carbonyl (C=O) groups is 2. The van der Waals surface area contributed by atoms with Crippen molar-refractivity contribution in [3.63, 3.8) is 0 Å². The number of hydrogen-bond donors (Lipinski definition) is 3. The van der Waals surface area contributed by atoms with E-state index in [9.17, 15) is 18.0 Å². The summed E-state index contributed by atoms with van der Waals surface area (Å²) in [7, 11) is -4.63. The Morgan fingerprint density at radius 2 is 1.53 bits per heavy atom. The van der Waals surface area contributed by atoms with Crippen LogP contribution in [0.1, 0.15) is 20.7 Å². The average Bonchev–Trinajstić information content (AvgIpc) is 2.27. The molecule has 0 aliphatic rings. The Balaban J connectivity index is 3.74. The zero-order chi connectivity index (χ0) is 13.2. The van der Waals surface area contributed by atoms with Crippen LogP contribution in [0.3, 0.4) is 0 Å². The van der Waals surface area contributed by atoms with Gasteiger partial charge in [0.05, 0.1) is 11.1 Å². The third-order valence-electron chi connectivity index (χ3n) is 1.85. The van der Waals surface area contributed by atoms with E-state index < -0.39 is 38.1 Å². The summed E-state index contributed by atoms with van der Waals surface area (Å²) < 4.78 is 26.4. The maximum atomic E-state index is 11.4. The van der Waals surface area contributed by atoms with Gasteiger partial charge < -0.3 is 10.2 Å². The minimum absolute atomic E-state index is 0.727. The van der Waals surface area contributed by atoms with Crippen LogP contribution in [0.2, 0.25) is 0 Å². The van der Waals surface area contributed by atoms with Crippen molar-refractivity contribution < 1.29 is 32.5 Å². The number of nitrogens with two attached hydrogens (primary N) is 1. The standard InChI is InChI=1S/C8H7NO7S/c9-16-17(14,15)6-4(7(10)11)2-1-3-5(6)8(12)13/h1-3H,9H2,(H,10,11)(H,12,13). The summed E-state index contributed by atoms with van der Waals surface area (Å²) in [5.74, 6) is 1.29. The molecule has 0 atom stereocenters. The van der Waals surface area contributed by atoms with Crippen LogP contribution < -0.4 is 5.90 Å². The predicted octanol–water partition coefficient (Wildman–Crippen LogP) is -0.338. The summed E-state index contributed by atoms with van der Waals surface area (Å²) in [5, 5.41) is 17.6. The summed E-state index contributed by atoms with van der Waals surface area (Å²) in [6, 6.07) is 2.96. The summed E-state index contributed by atoms with van der Waals surface area (Å²) in [6.45, 7) is 0. The monoisotopic (exact) mass is 261 g/mol. The number of benzene rings is 1. The smallest absolute Gasteiger partial charge is 0.337 e. The van der Waals surface area contributed by atoms with Crippen molar-refractivity contribution in [1.29, 1.82) is 0 Å². The van der Waals surface area contributed by atoms with Crippen molar-refractivity contribution in [3.8, 4) is 0 Å². The van der Waals surface area contributed by atoms with Crippen LogP contribution in [-0.2, 0) is 14.4 Å². The SMILES string of the molecule is NOS(=O)(=O)c1c(C(=O)O)cccc1C(=O)O. The molecule has 0 bridgehead atoms. The van der Waals surface area contributed by atoms with Gasteiger partial charge in [-0.1, -0.05) is 6.07 Å². The maximum absolute atomic E-state index is 11.4. The normalized spacial score (nSPS) is 11.1. The quantitative estimate of drug-likeness (QED) is 0.624. The van der Waals surface area contributed by atoms with E-state index in [4.69, 9.17) is 10.2 Å².